The largest absolute Gasteiger partial charge is 0.497 e. The Morgan fingerprint density at radius 3 is 1.92 bits per heavy atom. The van der Waals surface area contributed by atoms with E-state index in [4.69, 9.17) is 14.2 Å². The van der Waals surface area contributed by atoms with Crippen molar-refractivity contribution in [1.29, 1.82) is 0 Å². The molecule has 0 unspecified atom stereocenters. The van der Waals surface area contributed by atoms with Crippen LogP contribution in [0.3, 0.4) is 0 Å². The van der Waals surface area contributed by atoms with Crippen LogP contribution in [0.25, 0.3) is 10.8 Å². The standard InChI is InChI=1S/C34H30O4/c1-36-29-19-20-31(37-2)30(23-29)33(35)32(22-24-17-18-25-11-9-10-16-28(25)21-24)38-34(26-12-5-3-6-13-26)27-14-7-4-8-15-27/h3-21,23,32,34H,22H2,1-2H3/t32-/m0/s1. The van der Waals surface area contributed by atoms with Crippen LogP contribution in [0.4, 0.5) is 0 Å². The van der Waals surface area contributed by atoms with E-state index in [1.165, 1.54) is 0 Å². The average Bonchev–Trinajstić information content (AvgIpc) is 2.99. The molecule has 190 valence electrons. The molecular weight excluding hydrogens is 472 g/mol. The molecule has 4 nitrogen and oxygen atoms in total. The van der Waals surface area contributed by atoms with E-state index in [2.05, 4.69) is 30.3 Å². The highest BCUT2D eigenvalue weighted by Crippen LogP contribution is 2.32. The molecule has 5 aromatic rings. The van der Waals surface area contributed by atoms with Gasteiger partial charge in [-0.25, -0.2) is 0 Å². The molecule has 38 heavy (non-hydrogen) atoms. The predicted molar refractivity (Wildman–Crippen MR) is 151 cm³/mol. The fourth-order valence-corrected chi connectivity index (χ4v) is 4.73. The van der Waals surface area contributed by atoms with Crippen molar-refractivity contribution in [2.24, 2.45) is 0 Å². The summed E-state index contributed by atoms with van der Waals surface area (Å²) in [6.45, 7) is 0. The van der Waals surface area contributed by atoms with Gasteiger partial charge in [0.15, 0.2) is 5.78 Å². The lowest BCUT2D eigenvalue weighted by molar-refractivity contribution is 0.0127. The first-order valence-electron chi connectivity index (χ1n) is 12.7. The lowest BCUT2D eigenvalue weighted by atomic mass is 9.95. The van der Waals surface area contributed by atoms with Gasteiger partial charge in [-0.2, -0.15) is 0 Å². The number of ketones is 1. The third-order valence-electron chi connectivity index (χ3n) is 6.70. The normalized spacial score (nSPS) is 11.9. The first-order chi connectivity index (χ1) is 18.7. The minimum atomic E-state index is -0.775. The molecule has 0 saturated carbocycles. The van der Waals surface area contributed by atoms with Crippen molar-refractivity contribution in [3.05, 3.63) is 144 Å². The van der Waals surface area contributed by atoms with E-state index < -0.39 is 12.2 Å². The Balaban J connectivity index is 1.58. The maximum Gasteiger partial charge on any atom is 0.195 e. The van der Waals surface area contributed by atoms with E-state index in [0.29, 0.717) is 23.5 Å². The molecule has 0 spiro atoms. The Hall–Kier alpha value is -4.41. The van der Waals surface area contributed by atoms with Crippen molar-refractivity contribution < 1.29 is 19.0 Å². The van der Waals surface area contributed by atoms with Gasteiger partial charge in [0.25, 0.3) is 0 Å². The lowest BCUT2D eigenvalue weighted by Crippen LogP contribution is -2.29. The average molecular weight is 503 g/mol. The van der Waals surface area contributed by atoms with Crippen molar-refractivity contribution in [3.63, 3.8) is 0 Å². The fourth-order valence-electron chi connectivity index (χ4n) is 4.73. The van der Waals surface area contributed by atoms with Gasteiger partial charge in [0.05, 0.1) is 19.8 Å². The van der Waals surface area contributed by atoms with Crippen LogP contribution in [0.2, 0.25) is 0 Å². The Morgan fingerprint density at radius 2 is 1.29 bits per heavy atom. The molecule has 0 saturated heterocycles. The third kappa shape index (κ3) is 5.61. The highest BCUT2D eigenvalue weighted by molar-refractivity contribution is 6.02. The minimum Gasteiger partial charge on any atom is -0.497 e. The molecule has 0 aliphatic carbocycles. The molecule has 0 fully saturated rings. The second-order valence-electron chi connectivity index (χ2n) is 9.14. The molecule has 4 heteroatoms. The molecule has 0 heterocycles. The molecule has 0 amide bonds. The zero-order valence-corrected chi connectivity index (χ0v) is 21.5. The van der Waals surface area contributed by atoms with Crippen molar-refractivity contribution in [2.45, 2.75) is 18.6 Å². The number of hydrogen-bond donors (Lipinski definition) is 0. The number of carbonyl (C=O) groups is 1. The van der Waals surface area contributed by atoms with Crippen molar-refractivity contribution in [1.82, 2.24) is 0 Å². The van der Waals surface area contributed by atoms with Crippen LogP contribution >= 0.6 is 0 Å². The predicted octanol–water partition coefficient (Wildman–Crippen LogP) is 7.46. The molecule has 0 radical (unpaired) electrons. The Morgan fingerprint density at radius 1 is 0.658 bits per heavy atom. The highest BCUT2D eigenvalue weighted by Gasteiger charge is 2.29. The number of hydrogen-bond acceptors (Lipinski definition) is 4. The van der Waals surface area contributed by atoms with Crippen molar-refractivity contribution in [2.75, 3.05) is 14.2 Å². The maximum absolute atomic E-state index is 14.2. The van der Waals surface area contributed by atoms with E-state index in [9.17, 15) is 4.79 Å². The van der Waals surface area contributed by atoms with Crippen LogP contribution in [-0.2, 0) is 11.2 Å². The number of benzene rings is 5. The Bertz CT molecular complexity index is 1470. The lowest BCUT2D eigenvalue weighted by Gasteiger charge is -2.26. The van der Waals surface area contributed by atoms with Gasteiger partial charge in [0.1, 0.15) is 23.7 Å². The number of rotatable bonds is 10. The summed E-state index contributed by atoms with van der Waals surface area (Å²) in [4.78, 5) is 14.2. The van der Waals surface area contributed by atoms with Gasteiger partial charge in [-0.3, -0.25) is 4.79 Å². The monoisotopic (exact) mass is 502 g/mol. The highest BCUT2D eigenvalue weighted by atomic mass is 16.5. The van der Waals surface area contributed by atoms with Crippen LogP contribution in [-0.4, -0.2) is 26.1 Å². The first-order valence-corrected chi connectivity index (χ1v) is 12.7. The molecule has 0 aliphatic heterocycles. The second kappa shape index (κ2) is 11.8. The topological polar surface area (TPSA) is 44.8 Å². The summed E-state index contributed by atoms with van der Waals surface area (Å²) in [5, 5.41) is 2.28. The summed E-state index contributed by atoms with van der Waals surface area (Å²) < 4.78 is 17.8. The number of fused-ring (bicyclic) bond motifs is 1. The van der Waals surface area contributed by atoms with Crippen LogP contribution in [0, 0.1) is 0 Å². The van der Waals surface area contributed by atoms with Gasteiger partial charge in [0.2, 0.25) is 0 Å². The molecule has 5 aromatic carbocycles. The Labute approximate surface area is 223 Å². The molecule has 0 aromatic heterocycles. The number of carbonyl (C=O) groups excluding carboxylic acids is 1. The van der Waals surface area contributed by atoms with Gasteiger partial charge in [0, 0.05) is 6.42 Å². The Kier molecular flexibility index (Phi) is 7.81. The minimum absolute atomic E-state index is 0.161. The van der Waals surface area contributed by atoms with E-state index in [1.807, 2.05) is 72.8 Å². The number of ether oxygens (including phenoxy) is 3. The van der Waals surface area contributed by atoms with E-state index >= 15 is 0 Å². The van der Waals surface area contributed by atoms with E-state index in [1.54, 1.807) is 32.4 Å². The van der Waals surface area contributed by atoms with E-state index in [-0.39, 0.29) is 5.78 Å². The third-order valence-corrected chi connectivity index (χ3v) is 6.70. The van der Waals surface area contributed by atoms with Crippen LogP contribution in [0.5, 0.6) is 11.5 Å². The van der Waals surface area contributed by atoms with Crippen LogP contribution in [0.1, 0.15) is 33.2 Å². The molecular formula is C34H30O4. The smallest absolute Gasteiger partial charge is 0.195 e. The number of methoxy groups -OCH3 is 2. The van der Waals surface area contributed by atoms with Crippen molar-refractivity contribution in [3.8, 4) is 11.5 Å². The molecule has 0 aliphatic rings. The van der Waals surface area contributed by atoms with Gasteiger partial charge >= 0.3 is 0 Å². The molecule has 5 rings (SSSR count). The van der Waals surface area contributed by atoms with Crippen LogP contribution < -0.4 is 9.47 Å². The van der Waals surface area contributed by atoms with Gasteiger partial charge in [-0.15, -0.1) is 0 Å². The van der Waals surface area contributed by atoms with E-state index in [0.717, 1.165) is 27.5 Å². The van der Waals surface area contributed by atoms with Gasteiger partial charge in [-0.1, -0.05) is 103 Å². The molecule has 0 N–H and O–H groups in total. The summed E-state index contributed by atoms with van der Waals surface area (Å²) >= 11 is 0. The second-order valence-corrected chi connectivity index (χ2v) is 9.14. The summed E-state index contributed by atoms with van der Waals surface area (Å²) in [5.74, 6) is 0.908. The summed E-state index contributed by atoms with van der Waals surface area (Å²) in [5.41, 5.74) is 3.40. The first kappa shape index (κ1) is 25.2. The summed E-state index contributed by atoms with van der Waals surface area (Å²) in [6, 6.07) is 39.8. The zero-order chi connectivity index (χ0) is 26.3. The van der Waals surface area contributed by atoms with Crippen LogP contribution in [0.15, 0.2) is 121 Å². The summed E-state index contributed by atoms with van der Waals surface area (Å²) in [7, 11) is 3.15. The summed E-state index contributed by atoms with van der Waals surface area (Å²) in [6.07, 6.45) is -0.800. The zero-order valence-electron chi connectivity index (χ0n) is 21.5. The molecule has 0 bridgehead atoms. The van der Waals surface area contributed by atoms with Gasteiger partial charge in [-0.05, 0) is 45.7 Å². The van der Waals surface area contributed by atoms with Gasteiger partial charge < -0.3 is 14.2 Å². The molecule has 1 atom stereocenters. The quantitative estimate of drug-likeness (QED) is 0.186. The number of Topliss-reactive ketones (excluding diaryl/α,β-unsaturated/α-hetero) is 1. The fraction of sp³-hybridized carbons (Fsp3) is 0.147. The maximum atomic E-state index is 14.2. The van der Waals surface area contributed by atoms with Crippen molar-refractivity contribution >= 4 is 16.6 Å². The SMILES string of the molecule is COc1ccc(OC)c(C(=O)[C@H](Cc2ccc3ccccc3c2)OC(c2ccccc2)c2ccccc2)c1.